The lowest BCUT2D eigenvalue weighted by Gasteiger charge is -2.43. The average molecular weight is 399 g/mol. The van der Waals surface area contributed by atoms with Crippen molar-refractivity contribution in [1.82, 2.24) is 0 Å². The minimum atomic E-state index is -1.35. The van der Waals surface area contributed by atoms with Crippen molar-refractivity contribution in [3.8, 4) is 0 Å². The molecule has 1 heterocycles. The Kier molecular flexibility index (Phi) is 7.09. The lowest BCUT2D eigenvalue weighted by molar-refractivity contribution is -1.41. The maximum atomic E-state index is 13.5. The molecule has 8 nitrogen and oxygen atoms in total. The lowest BCUT2D eigenvalue weighted by atomic mass is 10.1. The summed E-state index contributed by atoms with van der Waals surface area (Å²) in [5, 5.41) is 9.62. The van der Waals surface area contributed by atoms with Crippen LogP contribution in [0.1, 0.15) is 33.6 Å². The van der Waals surface area contributed by atoms with Gasteiger partial charge in [-0.3, -0.25) is 4.79 Å². The first-order valence-electron chi connectivity index (χ1n) is 9.62. The molecule has 0 bridgehead atoms. The van der Waals surface area contributed by atoms with Crippen molar-refractivity contribution in [2.75, 3.05) is 48.3 Å². The van der Waals surface area contributed by atoms with Crippen LogP contribution in [0, 0.1) is 5.92 Å². The highest BCUT2D eigenvalue weighted by atomic mass is 16.4. The molecule has 0 spiro atoms. The molecule has 0 aromatic heterocycles. The number of nitrogens with zero attached hydrogens (tertiary/aromatic N) is 3. The Bertz CT molecular complexity index is 701. The fraction of sp³-hybridized carbons (Fsp3) is 0.700. The molecule has 1 rings (SSSR count). The highest BCUT2D eigenvalue weighted by Crippen LogP contribution is 2.35. The molecule has 1 fully saturated rings. The number of allylic oxidation sites excluding steroid dienone is 1. The Labute approximate surface area is 167 Å². The molecule has 3 unspecified atom stereocenters. The summed E-state index contributed by atoms with van der Waals surface area (Å²) in [5.74, 6) is -3.11. The molecular formula is C20H36N3O5+3. The number of ketones is 1. The van der Waals surface area contributed by atoms with E-state index in [2.05, 4.69) is 0 Å². The zero-order chi connectivity index (χ0) is 22.1. The quantitative estimate of drug-likeness (QED) is 0.271. The van der Waals surface area contributed by atoms with E-state index in [9.17, 15) is 24.3 Å². The number of amides is 2. The van der Waals surface area contributed by atoms with Crippen molar-refractivity contribution in [1.29, 1.82) is 0 Å². The number of rotatable bonds is 9. The van der Waals surface area contributed by atoms with Crippen LogP contribution in [0.3, 0.4) is 0 Å². The minimum absolute atomic E-state index is 0.00348. The van der Waals surface area contributed by atoms with Crippen molar-refractivity contribution in [2.24, 2.45) is 5.92 Å². The van der Waals surface area contributed by atoms with E-state index in [1.807, 2.05) is 20.8 Å². The monoisotopic (exact) mass is 398 g/mol. The van der Waals surface area contributed by atoms with Crippen molar-refractivity contribution in [3.63, 3.8) is 0 Å². The van der Waals surface area contributed by atoms with Crippen molar-refractivity contribution < 1.29 is 38.0 Å². The van der Waals surface area contributed by atoms with Crippen molar-refractivity contribution in [2.45, 2.75) is 39.7 Å². The van der Waals surface area contributed by atoms with Gasteiger partial charge in [-0.15, -0.1) is 0 Å². The predicted octanol–water partition coefficient (Wildman–Crippen LogP) is 0.972. The average Bonchev–Trinajstić information content (AvgIpc) is 2.70. The summed E-state index contributed by atoms with van der Waals surface area (Å²) in [6, 6.07) is -1.35. The van der Waals surface area contributed by atoms with Gasteiger partial charge in [-0.2, -0.15) is 4.59 Å². The molecule has 3 atom stereocenters. The Hall–Kier alpha value is -1.90. The SMILES string of the molecule is CCC[N+](C)(C)[N+]1(CC(=O)C(C(=O)O)[N+](C)(C)C)C(=O)CC(C=C(C)C)C1=O. The largest absolute Gasteiger partial charge is 0.476 e. The number of Topliss-reactive ketones (excluding diaryl/α,β-unsaturated/α-hetero) is 1. The summed E-state index contributed by atoms with van der Waals surface area (Å²) in [4.78, 5) is 51.6. The number of aliphatic carboxylic acids is 1. The zero-order valence-corrected chi connectivity index (χ0v) is 18.5. The van der Waals surface area contributed by atoms with Crippen LogP contribution in [0.2, 0.25) is 0 Å². The number of hydrogen-bond acceptors (Lipinski definition) is 4. The number of hydrogen-bond donors (Lipinski definition) is 1. The van der Waals surface area contributed by atoms with Crippen LogP contribution in [-0.4, -0.2) is 96.7 Å². The fourth-order valence-electron chi connectivity index (χ4n) is 4.21. The van der Waals surface area contributed by atoms with Gasteiger partial charge in [-0.05, 0) is 24.9 Å². The van der Waals surface area contributed by atoms with Gasteiger partial charge in [0.05, 0.1) is 27.6 Å². The van der Waals surface area contributed by atoms with Crippen LogP contribution in [0.5, 0.6) is 0 Å². The van der Waals surface area contributed by atoms with E-state index in [1.54, 1.807) is 41.3 Å². The first kappa shape index (κ1) is 24.1. The molecule has 28 heavy (non-hydrogen) atoms. The summed E-state index contributed by atoms with van der Waals surface area (Å²) in [6.07, 6.45) is 2.52. The van der Waals surface area contributed by atoms with Crippen LogP contribution < -0.4 is 0 Å². The van der Waals surface area contributed by atoms with Crippen LogP contribution in [0.4, 0.5) is 0 Å². The normalized spacial score (nSPS) is 24.2. The predicted molar refractivity (Wildman–Crippen MR) is 104 cm³/mol. The van der Waals surface area contributed by atoms with Gasteiger partial charge in [0.1, 0.15) is 26.6 Å². The molecule has 1 saturated heterocycles. The summed E-state index contributed by atoms with van der Waals surface area (Å²) >= 11 is 0. The van der Waals surface area contributed by atoms with Crippen LogP contribution in [-0.2, 0) is 19.2 Å². The third-order valence-electron chi connectivity index (χ3n) is 5.42. The maximum absolute atomic E-state index is 13.5. The molecular weight excluding hydrogens is 362 g/mol. The van der Waals surface area contributed by atoms with Gasteiger partial charge in [0.2, 0.25) is 6.54 Å². The van der Waals surface area contributed by atoms with Crippen molar-refractivity contribution >= 4 is 23.6 Å². The third kappa shape index (κ3) is 4.39. The fourth-order valence-corrected chi connectivity index (χ4v) is 4.21. The topological polar surface area (TPSA) is 88.5 Å². The lowest BCUT2D eigenvalue weighted by Crippen LogP contribution is -2.75. The second kappa shape index (κ2) is 8.23. The molecule has 0 aromatic carbocycles. The van der Waals surface area contributed by atoms with Crippen LogP contribution in [0.15, 0.2) is 11.6 Å². The number of quaternary nitrogens is 3. The first-order chi connectivity index (χ1) is 12.6. The maximum Gasteiger partial charge on any atom is 0.376 e. The molecule has 1 N–H and O–H groups in total. The van der Waals surface area contributed by atoms with E-state index in [1.165, 1.54) is 0 Å². The van der Waals surface area contributed by atoms with E-state index >= 15 is 0 Å². The van der Waals surface area contributed by atoms with Gasteiger partial charge < -0.3 is 9.59 Å². The van der Waals surface area contributed by atoms with E-state index < -0.39 is 34.8 Å². The number of carboxylic acid groups (broad SMARTS) is 1. The van der Waals surface area contributed by atoms with E-state index in [0.717, 1.165) is 5.57 Å². The summed E-state index contributed by atoms with van der Waals surface area (Å²) in [5.41, 5.74) is 0.924. The first-order valence-corrected chi connectivity index (χ1v) is 9.62. The van der Waals surface area contributed by atoms with Gasteiger partial charge in [0.15, 0.2) is 0 Å². The molecule has 0 aromatic rings. The molecule has 1 aliphatic rings. The number of carboxylic acids is 1. The Balaban J connectivity index is 3.53. The van der Waals surface area contributed by atoms with E-state index in [0.29, 0.717) is 13.0 Å². The van der Waals surface area contributed by atoms with Crippen LogP contribution >= 0.6 is 0 Å². The van der Waals surface area contributed by atoms with Gasteiger partial charge in [-0.1, -0.05) is 18.6 Å². The Morgan fingerprint density at radius 2 is 1.71 bits per heavy atom. The van der Waals surface area contributed by atoms with E-state index in [4.69, 9.17) is 0 Å². The van der Waals surface area contributed by atoms with Gasteiger partial charge in [0, 0.05) is 0 Å². The number of carbonyl (C=O) groups is 4. The summed E-state index contributed by atoms with van der Waals surface area (Å²) < 4.78 is -0.781. The van der Waals surface area contributed by atoms with E-state index in [-0.39, 0.29) is 27.3 Å². The van der Waals surface area contributed by atoms with Gasteiger partial charge in [0.25, 0.3) is 11.8 Å². The minimum Gasteiger partial charge on any atom is -0.476 e. The Morgan fingerprint density at radius 1 is 1.18 bits per heavy atom. The number of likely N-dealkylation sites (tertiary alicyclic amines) is 1. The highest BCUT2D eigenvalue weighted by molar-refractivity contribution is 6.04. The molecule has 158 valence electrons. The van der Waals surface area contributed by atoms with Crippen molar-refractivity contribution in [3.05, 3.63) is 11.6 Å². The highest BCUT2D eigenvalue weighted by Gasteiger charge is 2.66. The standard InChI is InChI=1S/C20H35N3O5/c1-9-10-22(7,8)23(13-16(24)18(20(27)28)21(4,5)6)17(25)12-15(19(23)26)11-14(2)3/h11,15,18H,9-10,12-13H2,1-8H3/q+2/p+1. The second-order valence-corrected chi connectivity index (χ2v) is 9.38. The smallest absolute Gasteiger partial charge is 0.376 e. The second-order valence-electron chi connectivity index (χ2n) is 9.38. The third-order valence-corrected chi connectivity index (χ3v) is 5.42. The molecule has 0 aliphatic carbocycles. The molecule has 1 aliphatic heterocycles. The summed E-state index contributed by atoms with van der Waals surface area (Å²) in [7, 11) is 8.38. The molecule has 0 saturated carbocycles. The van der Waals surface area contributed by atoms with Crippen LogP contribution in [0.25, 0.3) is 0 Å². The summed E-state index contributed by atoms with van der Waals surface area (Å²) in [6.45, 7) is 5.74. The Morgan fingerprint density at radius 3 is 2.11 bits per heavy atom. The van der Waals surface area contributed by atoms with Gasteiger partial charge >= 0.3 is 17.8 Å². The number of likely N-dealkylation sites (N-methyl/N-ethyl adjacent to an activating group) is 1. The molecule has 0 radical (unpaired) electrons. The molecule has 2 amide bonds. The molecule has 8 heteroatoms. The van der Waals surface area contributed by atoms with Gasteiger partial charge in [-0.25, -0.2) is 14.4 Å². The zero-order valence-electron chi connectivity index (χ0n) is 18.5. The number of carbonyl (C=O) groups excluding carboxylic acids is 3. The number of imide groups is 1.